The van der Waals surface area contributed by atoms with Crippen LogP contribution in [0.1, 0.15) is 12.1 Å². The lowest BCUT2D eigenvalue weighted by Crippen LogP contribution is -2.55. The molecule has 1 aromatic heterocycles. The number of aliphatic carboxylic acids is 2. The molecule has 12 heteroatoms. The first kappa shape index (κ1) is 20.4. The predicted octanol–water partition coefficient (Wildman–Crippen LogP) is -2.26. The van der Waals surface area contributed by atoms with Gasteiger partial charge in [0, 0.05) is 24.1 Å². The Kier molecular flexibility index (Phi) is 7.88. The van der Waals surface area contributed by atoms with Gasteiger partial charge < -0.3 is 31.6 Å². The largest absolute Gasteiger partial charge is 0.481 e. The number of nitrogens with one attached hydrogen (secondary N) is 3. The summed E-state index contributed by atoms with van der Waals surface area (Å²) >= 11 is 3.79. The van der Waals surface area contributed by atoms with E-state index in [1.165, 1.54) is 12.5 Å². The number of hydrogen-bond acceptors (Lipinski definition) is 7. The second kappa shape index (κ2) is 9.64. The second-order valence-electron chi connectivity index (χ2n) is 5.13. The molecule has 1 heterocycles. The minimum atomic E-state index is -1.47. The number of nitrogens with zero attached hydrogens (tertiary/aromatic N) is 1. The number of rotatable bonds is 10. The minimum absolute atomic E-state index is 0.0988. The third-order valence-corrected chi connectivity index (χ3v) is 3.51. The molecule has 0 aromatic carbocycles. The van der Waals surface area contributed by atoms with E-state index in [1.54, 1.807) is 0 Å². The van der Waals surface area contributed by atoms with E-state index in [-0.39, 0.29) is 12.2 Å². The van der Waals surface area contributed by atoms with Crippen LogP contribution < -0.4 is 16.4 Å². The number of imidazole rings is 1. The van der Waals surface area contributed by atoms with Crippen LogP contribution in [-0.2, 0) is 25.6 Å². The van der Waals surface area contributed by atoms with Crippen molar-refractivity contribution in [3.05, 3.63) is 18.2 Å². The molecule has 0 bridgehead atoms. The molecule has 3 atom stereocenters. The van der Waals surface area contributed by atoms with Crippen molar-refractivity contribution in [1.29, 1.82) is 0 Å². The number of nitrogens with two attached hydrogens (primary N) is 1. The van der Waals surface area contributed by atoms with Crippen molar-refractivity contribution < 1.29 is 29.4 Å². The fourth-order valence-electron chi connectivity index (χ4n) is 1.85. The van der Waals surface area contributed by atoms with Crippen molar-refractivity contribution >= 4 is 36.4 Å². The van der Waals surface area contributed by atoms with Gasteiger partial charge in [0.05, 0.1) is 18.8 Å². The normalized spacial score (nSPS) is 14.2. The SMILES string of the molecule is NC(Cc1cnc[nH]1)C(=O)NC(CC(=O)O)C(=O)NC(CS)C(=O)O. The van der Waals surface area contributed by atoms with Gasteiger partial charge in [0.2, 0.25) is 11.8 Å². The summed E-state index contributed by atoms with van der Waals surface area (Å²) in [6, 6.07) is -3.84. The van der Waals surface area contributed by atoms with Crippen molar-refractivity contribution in [2.24, 2.45) is 5.73 Å². The van der Waals surface area contributed by atoms with Crippen molar-refractivity contribution in [3.8, 4) is 0 Å². The Bertz CT molecular complexity index is 622. The number of hydrogen-bond donors (Lipinski definition) is 7. The van der Waals surface area contributed by atoms with Crippen LogP contribution in [0.15, 0.2) is 12.5 Å². The first-order valence-corrected chi connectivity index (χ1v) is 7.76. The summed E-state index contributed by atoms with van der Waals surface area (Å²) in [7, 11) is 0. The van der Waals surface area contributed by atoms with Gasteiger partial charge in [-0.2, -0.15) is 12.6 Å². The first-order valence-electron chi connectivity index (χ1n) is 7.13. The van der Waals surface area contributed by atoms with E-state index >= 15 is 0 Å². The lowest BCUT2D eigenvalue weighted by molar-refractivity contribution is -0.143. The Morgan fingerprint density at radius 1 is 1.20 bits per heavy atom. The Labute approximate surface area is 147 Å². The number of amides is 2. The van der Waals surface area contributed by atoms with E-state index in [1.807, 2.05) is 0 Å². The van der Waals surface area contributed by atoms with Crippen LogP contribution in [0.5, 0.6) is 0 Å². The molecule has 1 aromatic rings. The monoisotopic (exact) mass is 373 g/mol. The number of carbonyl (C=O) groups is 4. The van der Waals surface area contributed by atoms with Crippen LogP contribution in [0.4, 0.5) is 0 Å². The molecule has 0 aliphatic carbocycles. The fraction of sp³-hybridized carbons (Fsp3) is 0.462. The summed E-state index contributed by atoms with van der Waals surface area (Å²) in [4.78, 5) is 52.5. The van der Waals surface area contributed by atoms with E-state index in [2.05, 4.69) is 33.2 Å². The Morgan fingerprint density at radius 2 is 1.84 bits per heavy atom. The number of aromatic amines is 1. The molecule has 3 unspecified atom stereocenters. The number of H-pyrrole nitrogens is 1. The fourth-order valence-corrected chi connectivity index (χ4v) is 2.09. The quantitative estimate of drug-likeness (QED) is 0.224. The van der Waals surface area contributed by atoms with Gasteiger partial charge >= 0.3 is 11.9 Å². The van der Waals surface area contributed by atoms with Crippen LogP contribution in [0.25, 0.3) is 0 Å². The number of carboxylic acids is 2. The van der Waals surface area contributed by atoms with Gasteiger partial charge in [0.15, 0.2) is 0 Å². The molecule has 0 saturated carbocycles. The van der Waals surface area contributed by atoms with Crippen molar-refractivity contribution in [2.75, 3.05) is 5.75 Å². The van der Waals surface area contributed by atoms with E-state index in [9.17, 15) is 19.2 Å². The lowest BCUT2D eigenvalue weighted by atomic mass is 10.1. The van der Waals surface area contributed by atoms with Gasteiger partial charge in [-0.05, 0) is 0 Å². The van der Waals surface area contributed by atoms with Gasteiger partial charge in [0.1, 0.15) is 12.1 Å². The maximum atomic E-state index is 12.1. The number of aromatic nitrogens is 2. The maximum Gasteiger partial charge on any atom is 0.327 e. The third-order valence-electron chi connectivity index (χ3n) is 3.14. The Hall–Kier alpha value is -2.60. The zero-order valence-corrected chi connectivity index (χ0v) is 13.9. The molecule has 0 aliphatic rings. The highest BCUT2D eigenvalue weighted by Gasteiger charge is 2.29. The molecule has 138 valence electrons. The average Bonchev–Trinajstić information content (AvgIpc) is 3.03. The highest BCUT2D eigenvalue weighted by molar-refractivity contribution is 7.80. The van der Waals surface area contributed by atoms with Crippen LogP contribution in [0.2, 0.25) is 0 Å². The zero-order chi connectivity index (χ0) is 19.0. The van der Waals surface area contributed by atoms with Crippen LogP contribution in [0.3, 0.4) is 0 Å². The molecule has 2 amide bonds. The smallest absolute Gasteiger partial charge is 0.327 e. The summed E-state index contributed by atoms with van der Waals surface area (Å²) in [5.41, 5.74) is 6.30. The van der Waals surface area contributed by atoms with Crippen molar-refractivity contribution in [1.82, 2.24) is 20.6 Å². The summed E-state index contributed by atoms with van der Waals surface area (Å²) in [5.74, 6) is -4.59. The molecule has 0 spiro atoms. The van der Waals surface area contributed by atoms with Crippen LogP contribution in [-0.4, -0.2) is 67.8 Å². The summed E-state index contributed by atoms with van der Waals surface area (Å²) in [6.07, 6.45) is 2.25. The topological polar surface area (TPSA) is 188 Å². The Balaban J connectivity index is 2.73. The maximum absolute atomic E-state index is 12.1. The molecule has 25 heavy (non-hydrogen) atoms. The van der Waals surface area contributed by atoms with Crippen molar-refractivity contribution in [3.63, 3.8) is 0 Å². The predicted molar refractivity (Wildman–Crippen MR) is 87.9 cm³/mol. The molecular formula is C13H19N5O6S. The van der Waals surface area contributed by atoms with Crippen LogP contribution >= 0.6 is 12.6 Å². The van der Waals surface area contributed by atoms with Gasteiger partial charge in [-0.3, -0.25) is 14.4 Å². The second-order valence-corrected chi connectivity index (χ2v) is 5.49. The van der Waals surface area contributed by atoms with E-state index in [0.29, 0.717) is 5.69 Å². The molecule has 0 aliphatic heterocycles. The molecule has 7 N–H and O–H groups in total. The number of carboxylic acid groups (broad SMARTS) is 2. The van der Waals surface area contributed by atoms with Gasteiger partial charge in [-0.15, -0.1) is 0 Å². The Morgan fingerprint density at radius 3 is 2.32 bits per heavy atom. The number of thiol groups is 1. The van der Waals surface area contributed by atoms with Gasteiger partial charge in [0.25, 0.3) is 0 Å². The molecule has 0 fully saturated rings. The molecule has 0 radical (unpaired) electrons. The highest BCUT2D eigenvalue weighted by atomic mass is 32.1. The van der Waals surface area contributed by atoms with E-state index in [4.69, 9.17) is 15.9 Å². The lowest BCUT2D eigenvalue weighted by Gasteiger charge is -2.21. The highest BCUT2D eigenvalue weighted by Crippen LogP contribution is 2.00. The standard InChI is InChI=1S/C13H19N5O6S/c14-7(1-6-3-15-5-16-6)11(21)17-8(2-10(19)20)12(22)18-9(4-25)13(23)24/h3,5,7-9,25H,1-2,4,14H2,(H,15,16)(H,17,21)(H,18,22)(H,19,20)(H,23,24). The van der Waals surface area contributed by atoms with Gasteiger partial charge in [-0.1, -0.05) is 0 Å². The molecule has 1 rings (SSSR count). The van der Waals surface area contributed by atoms with E-state index < -0.39 is 48.3 Å². The van der Waals surface area contributed by atoms with Crippen LogP contribution in [0, 0.1) is 0 Å². The third kappa shape index (κ3) is 6.81. The summed E-state index contributed by atoms with van der Waals surface area (Å²) < 4.78 is 0. The van der Waals surface area contributed by atoms with Crippen molar-refractivity contribution in [2.45, 2.75) is 31.0 Å². The number of carbonyl (C=O) groups excluding carboxylic acids is 2. The van der Waals surface area contributed by atoms with E-state index in [0.717, 1.165) is 0 Å². The zero-order valence-electron chi connectivity index (χ0n) is 13.0. The molecular weight excluding hydrogens is 354 g/mol. The molecule has 0 saturated heterocycles. The summed E-state index contributed by atoms with van der Waals surface area (Å²) in [5, 5.41) is 22.1. The first-order chi connectivity index (χ1) is 11.7. The average molecular weight is 373 g/mol. The molecule has 11 nitrogen and oxygen atoms in total. The van der Waals surface area contributed by atoms with Gasteiger partial charge in [-0.25, -0.2) is 9.78 Å². The summed E-state index contributed by atoms with van der Waals surface area (Å²) in [6.45, 7) is 0. The minimum Gasteiger partial charge on any atom is -0.481 e.